The van der Waals surface area contributed by atoms with Crippen molar-refractivity contribution in [1.82, 2.24) is 4.90 Å². The van der Waals surface area contributed by atoms with Gasteiger partial charge < -0.3 is 10.2 Å². The molecule has 1 aliphatic heterocycles. The third-order valence-electron chi connectivity index (χ3n) is 4.56. The van der Waals surface area contributed by atoms with Crippen molar-refractivity contribution < 1.29 is 32.5 Å². The summed E-state index contributed by atoms with van der Waals surface area (Å²) in [6.07, 6.45) is -4.65. The lowest BCUT2D eigenvalue weighted by Gasteiger charge is -2.20. The lowest BCUT2D eigenvalue weighted by Crippen LogP contribution is -2.37. The van der Waals surface area contributed by atoms with Crippen LogP contribution in [0.2, 0.25) is 0 Å². The first-order valence-corrected chi connectivity index (χ1v) is 8.74. The minimum absolute atomic E-state index is 0.174. The van der Waals surface area contributed by atoms with Crippen molar-refractivity contribution in [3.05, 3.63) is 63.2 Å². The SMILES string of the molecule is CN(C)c1ccc(C(F)(F)F)cc1NC(=O)CN1C(=O)c2cccc([N+](=O)[O-])c2C1=O. The van der Waals surface area contributed by atoms with Gasteiger partial charge in [-0.05, 0) is 24.3 Å². The number of nitrogens with zero attached hydrogens (tertiary/aromatic N) is 3. The highest BCUT2D eigenvalue weighted by Gasteiger charge is 2.41. The molecule has 0 saturated heterocycles. The van der Waals surface area contributed by atoms with Crippen LogP contribution < -0.4 is 10.2 Å². The minimum Gasteiger partial charge on any atom is -0.376 e. The normalized spacial score (nSPS) is 13.3. The van der Waals surface area contributed by atoms with Gasteiger partial charge in [0.1, 0.15) is 12.1 Å². The predicted molar refractivity (Wildman–Crippen MR) is 103 cm³/mol. The van der Waals surface area contributed by atoms with Gasteiger partial charge in [-0.15, -0.1) is 0 Å². The first kappa shape index (κ1) is 21.7. The number of imide groups is 1. The number of rotatable bonds is 5. The highest BCUT2D eigenvalue weighted by atomic mass is 19.4. The summed E-state index contributed by atoms with van der Waals surface area (Å²) in [5.74, 6) is -2.88. The summed E-state index contributed by atoms with van der Waals surface area (Å²) >= 11 is 0. The van der Waals surface area contributed by atoms with Crippen LogP contribution in [0.5, 0.6) is 0 Å². The van der Waals surface area contributed by atoms with Gasteiger partial charge in [0, 0.05) is 20.2 Å². The Morgan fingerprint density at radius 2 is 1.84 bits per heavy atom. The highest BCUT2D eigenvalue weighted by Crippen LogP contribution is 2.35. The van der Waals surface area contributed by atoms with Gasteiger partial charge in [0.05, 0.1) is 27.4 Å². The number of hydrogen-bond donors (Lipinski definition) is 1. The van der Waals surface area contributed by atoms with Crippen LogP contribution in [-0.2, 0) is 11.0 Å². The Morgan fingerprint density at radius 3 is 2.42 bits per heavy atom. The van der Waals surface area contributed by atoms with E-state index in [-0.39, 0.29) is 16.9 Å². The van der Waals surface area contributed by atoms with E-state index in [0.717, 1.165) is 18.2 Å². The summed E-state index contributed by atoms with van der Waals surface area (Å²) in [4.78, 5) is 49.8. The van der Waals surface area contributed by atoms with Crippen LogP contribution in [0.3, 0.4) is 0 Å². The van der Waals surface area contributed by atoms with Gasteiger partial charge in [0.2, 0.25) is 5.91 Å². The Morgan fingerprint density at radius 1 is 1.16 bits per heavy atom. The lowest BCUT2D eigenvalue weighted by molar-refractivity contribution is -0.385. The molecule has 2 aromatic rings. The van der Waals surface area contributed by atoms with E-state index in [4.69, 9.17) is 0 Å². The number of nitrogens with one attached hydrogen (secondary N) is 1. The van der Waals surface area contributed by atoms with E-state index in [2.05, 4.69) is 5.32 Å². The molecule has 0 bridgehead atoms. The number of fused-ring (bicyclic) bond motifs is 1. The van der Waals surface area contributed by atoms with Crippen LogP contribution in [0.1, 0.15) is 26.3 Å². The van der Waals surface area contributed by atoms with Crippen LogP contribution in [0, 0.1) is 10.1 Å². The molecular formula is C19H15F3N4O5. The first-order chi connectivity index (χ1) is 14.4. The quantitative estimate of drug-likeness (QED) is 0.438. The van der Waals surface area contributed by atoms with Gasteiger partial charge >= 0.3 is 6.18 Å². The first-order valence-electron chi connectivity index (χ1n) is 8.74. The topological polar surface area (TPSA) is 113 Å². The number of carbonyl (C=O) groups is 3. The Kier molecular flexibility index (Phi) is 5.40. The maximum Gasteiger partial charge on any atom is 0.416 e. The van der Waals surface area contributed by atoms with E-state index in [0.29, 0.717) is 4.90 Å². The molecular weight excluding hydrogens is 421 g/mol. The molecule has 0 unspecified atom stereocenters. The summed E-state index contributed by atoms with van der Waals surface area (Å²) < 4.78 is 39.1. The summed E-state index contributed by atoms with van der Waals surface area (Å²) in [5, 5.41) is 13.4. The molecule has 0 spiro atoms. The average molecular weight is 436 g/mol. The third-order valence-corrected chi connectivity index (χ3v) is 4.56. The van der Waals surface area contributed by atoms with Gasteiger partial charge in [-0.25, -0.2) is 0 Å². The van der Waals surface area contributed by atoms with E-state index in [1.165, 1.54) is 23.1 Å². The Hall–Kier alpha value is -3.96. The molecule has 31 heavy (non-hydrogen) atoms. The van der Waals surface area contributed by atoms with E-state index >= 15 is 0 Å². The number of halogens is 3. The van der Waals surface area contributed by atoms with Crippen LogP contribution in [0.15, 0.2) is 36.4 Å². The van der Waals surface area contributed by atoms with Crippen molar-refractivity contribution in [3.8, 4) is 0 Å². The van der Waals surface area contributed by atoms with Crippen molar-refractivity contribution in [1.29, 1.82) is 0 Å². The highest BCUT2D eigenvalue weighted by molar-refractivity contribution is 6.24. The molecule has 2 aromatic carbocycles. The summed E-state index contributed by atoms with van der Waals surface area (Å²) in [6, 6.07) is 6.27. The average Bonchev–Trinajstić information content (AvgIpc) is 2.92. The minimum atomic E-state index is -4.65. The number of carbonyl (C=O) groups excluding carboxylic acids is 3. The van der Waals surface area contributed by atoms with E-state index in [9.17, 15) is 37.7 Å². The molecule has 0 aliphatic carbocycles. The Balaban J connectivity index is 1.87. The van der Waals surface area contributed by atoms with Gasteiger partial charge in [-0.2, -0.15) is 13.2 Å². The predicted octanol–water partition coefficient (Wildman–Crippen LogP) is 2.91. The molecule has 162 valence electrons. The molecule has 12 heteroatoms. The molecule has 0 atom stereocenters. The van der Waals surface area contributed by atoms with Gasteiger partial charge in [-0.1, -0.05) is 6.07 Å². The second-order valence-electron chi connectivity index (χ2n) is 6.83. The number of alkyl halides is 3. The standard InChI is InChI=1S/C19H15F3N4O5/c1-24(2)13-7-6-10(19(20,21)22)8-12(13)23-15(27)9-25-17(28)11-4-3-5-14(26(30)31)16(11)18(25)29/h3-8H,9H2,1-2H3,(H,23,27). The van der Waals surface area contributed by atoms with E-state index in [1.807, 2.05) is 0 Å². The van der Waals surface area contributed by atoms with Crippen LogP contribution in [-0.4, -0.2) is 48.2 Å². The largest absolute Gasteiger partial charge is 0.416 e. The Bertz CT molecular complexity index is 1110. The number of hydrogen-bond acceptors (Lipinski definition) is 6. The zero-order valence-corrected chi connectivity index (χ0v) is 16.2. The summed E-state index contributed by atoms with van der Waals surface area (Å²) in [7, 11) is 3.11. The van der Waals surface area contributed by atoms with Crippen molar-refractivity contribution in [2.24, 2.45) is 0 Å². The third kappa shape index (κ3) is 4.04. The number of amides is 3. The van der Waals surface area contributed by atoms with Crippen LogP contribution in [0.25, 0.3) is 0 Å². The molecule has 1 aliphatic rings. The molecule has 9 nitrogen and oxygen atoms in total. The van der Waals surface area contributed by atoms with E-state index < -0.39 is 52.2 Å². The van der Waals surface area contributed by atoms with Gasteiger partial charge in [-0.3, -0.25) is 29.4 Å². The van der Waals surface area contributed by atoms with E-state index in [1.54, 1.807) is 14.1 Å². The summed E-state index contributed by atoms with van der Waals surface area (Å²) in [6.45, 7) is -0.827. The molecule has 1 N–H and O–H groups in total. The number of benzene rings is 2. The smallest absolute Gasteiger partial charge is 0.376 e. The van der Waals surface area contributed by atoms with Crippen molar-refractivity contribution in [2.45, 2.75) is 6.18 Å². The second kappa shape index (κ2) is 7.70. The van der Waals surface area contributed by atoms with Crippen molar-refractivity contribution in [2.75, 3.05) is 30.9 Å². The second-order valence-corrected chi connectivity index (χ2v) is 6.83. The monoisotopic (exact) mass is 436 g/mol. The van der Waals surface area contributed by atoms with Crippen molar-refractivity contribution in [3.63, 3.8) is 0 Å². The van der Waals surface area contributed by atoms with Crippen molar-refractivity contribution >= 4 is 34.8 Å². The van der Waals surface area contributed by atoms with Crippen LogP contribution in [0.4, 0.5) is 30.2 Å². The van der Waals surface area contributed by atoms with Gasteiger partial charge in [0.25, 0.3) is 17.5 Å². The Labute approximate surface area is 173 Å². The number of anilines is 2. The summed E-state index contributed by atoms with van der Waals surface area (Å²) in [5.41, 5.74) is -2.14. The zero-order chi connectivity index (χ0) is 23.1. The van der Waals surface area contributed by atoms with Gasteiger partial charge in [0.15, 0.2) is 0 Å². The number of nitro benzene ring substituents is 1. The molecule has 1 heterocycles. The zero-order valence-electron chi connectivity index (χ0n) is 16.2. The molecule has 3 amide bonds. The molecule has 0 fully saturated rings. The molecule has 3 rings (SSSR count). The molecule has 0 radical (unpaired) electrons. The molecule has 0 saturated carbocycles. The maximum atomic E-state index is 13.0. The maximum absolute atomic E-state index is 13.0. The number of nitro groups is 1. The van der Waals surface area contributed by atoms with Crippen LogP contribution >= 0.6 is 0 Å². The fourth-order valence-electron chi connectivity index (χ4n) is 3.15. The fraction of sp³-hybridized carbons (Fsp3) is 0.211. The molecule has 0 aromatic heterocycles. The fourth-order valence-corrected chi connectivity index (χ4v) is 3.15. The lowest BCUT2D eigenvalue weighted by atomic mass is 10.1.